The summed E-state index contributed by atoms with van der Waals surface area (Å²) < 4.78 is 3.33. The summed E-state index contributed by atoms with van der Waals surface area (Å²) in [5.41, 5.74) is 6.52. The van der Waals surface area contributed by atoms with Crippen molar-refractivity contribution in [3.8, 4) is 33.6 Å². The van der Waals surface area contributed by atoms with Crippen molar-refractivity contribution in [2.45, 2.75) is 0 Å². The monoisotopic (exact) mass is 540 g/mol. The van der Waals surface area contributed by atoms with E-state index in [0.29, 0.717) is 0 Å². The Hall–Kier alpha value is -3.09. The second-order valence-corrected chi connectivity index (χ2v) is 9.64. The highest BCUT2D eigenvalue weighted by Gasteiger charge is 2.15. The Bertz CT molecular complexity index is 1590. The molecule has 0 aliphatic rings. The molecule has 0 saturated heterocycles. The van der Waals surface area contributed by atoms with Crippen molar-refractivity contribution >= 4 is 54.1 Å². The maximum atomic E-state index is 4.85. The molecular formula is C28H17IN2S. The van der Waals surface area contributed by atoms with Gasteiger partial charge in [0, 0.05) is 53.9 Å². The van der Waals surface area contributed by atoms with Crippen LogP contribution in [0.25, 0.3) is 53.8 Å². The van der Waals surface area contributed by atoms with Crippen LogP contribution in [0, 0.1) is 3.83 Å². The zero-order valence-electron chi connectivity index (χ0n) is 17.0. The molecule has 2 nitrogen and oxygen atoms in total. The van der Waals surface area contributed by atoms with Gasteiger partial charge in [0.25, 0.3) is 0 Å². The van der Waals surface area contributed by atoms with Gasteiger partial charge >= 0.3 is 0 Å². The van der Waals surface area contributed by atoms with Gasteiger partial charge in [-0.05, 0) is 29.3 Å². The summed E-state index contributed by atoms with van der Waals surface area (Å²) >= 11 is 4.06. The minimum atomic E-state index is 0.745. The zero-order valence-corrected chi connectivity index (χ0v) is 20.0. The Balaban J connectivity index is 1.59. The maximum Gasteiger partial charge on any atom is 0.191 e. The van der Waals surface area contributed by atoms with Gasteiger partial charge in [0.05, 0.1) is 11.4 Å². The predicted molar refractivity (Wildman–Crippen MR) is 144 cm³/mol. The Kier molecular flexibility index (Phi) is 4.97. The molecule has 6 aromatic rings. The van der Waals surface area contributed by atoms with Gasteiger partial charge in [-0.2, -0.15) is 0 Å². The van der Waals surface area contributed by atoms with E-state index in [2.05, 4.69) is 120 Å². The Morgan fingerprint density at radius 1 is 0.562 bits per heavy atom. The van der Waals surface area contributed by atoms with Gasteiger partial charge in [-0.3, -0.25) is 0 Å². The summed E-state index contributed by atoms with van der Waals surface area (Å²) in [4.78, 5) is 9.67. The van der Waals surface area contributed by atoms with Crippen LogP contribution in [0.2, 0.25) is 0 Å². The highest BCUT2D eigenvalue weighted by atomic mass is 127. The fourth-order valence-corrected chi connectivity index (χ4v) is 5.91. The van der Waals surface area contributed by atoms with Crippen LogP contribution in [0.15, 0.2) is 103 Å². The molecule has 0 radical (unpaired) electrons. The number of hydrogen-bond acceptors (Lipinski definition) is 3. The van der Waals surface area contributed by atoms with Crippen LogP contribution in [0.3, 0.4) is 0 Å². The molecule has 0 spiro atoms. The average molecular weight is 540 g/mol. The molecule has 4 heteroatoms. The van der Waals surface area contributed by atoms with Crippen molar-refractivity contribution in [3.63, 3.8) is 0 Å². The SMILES string of the molecule is Ic1nc(-c2ccccc2-c2ccccc2)cc(-c2cccc3sc4ccccc4c23)n1. The second kappa shape index (κ2) is 8.11. The van der Waals surface area contributed by atoms with Crippen molar-refractivity contribution in [2.75, 3.05) is 0 Å². The Morgan fingerprint density at radius 2 is 1.19 bits per heavy atom. The first-order chi connectivity index (χ1) is 15.8. The van der Waals surface area contributed by atoms with Crippen LogP contribution >= 0.6 is 33.9 Å². The number of hydrogen-bond donors (Lipinski definition) is 0. The number of fused-ring (bicyclic) bond motifs is 3. The van der Waals surface area contributed by atoms with Crippen molar-refractivity contribution in [1.29, 1.82) is 0 Å². The van der Waals surface area contributed by atoms with E-state index >= 15 is 0 Å². The molecule has 2 heterocycles. The molecule has 0 aliphatic heterocycles. The first-order valence-electron chi connectivity index (χ1n) is 10.4. The van der Waals surface area contributed by atoms with Gasteiger partial charge in [-0.25, -0.2) is 9.97 Å². The molecule has 0 amide bonds. The summed E-state index contributed by atoms with van der Waals surface area (Å²) in [5.74, 6) is 0. The quantitative estimate of drug-likeness (QED) is 0.166. The topological polar surface area (TPSA) is 25.8 Å². The van der Waals surface area contributed by atoms with Gasteiger partial charge in [-0.1, -0.05) is 84.9 Å². The van der Waals surface area contributed by atoms with Crippen LogP contribution < -0.4 is 0 Å². The van der Waals surface area contributed by atoms with E-state index < -0.39 is 0 Å². The lowest BCUT2D eigenvalue weighted by atomic mass is 9.96. The minimum absolute atomic E-state index is 0.745. The van der Waals surface area contributed by atoms with Gasteiger partial charge in [0.1, 0.15) is 0 Å². The lowest BCUT2D eigenvalue weighted by Gasteiger charge is -2.12. The van der Waals surface area contributed by atoms with Crippen LogP contribution in [-0.4, -0.2) is 9.97 Å². The van der Waals surface area contributed by atoms with E-state index in [4.69, 9.17) is 9.97 Å². The third-order valence-electron chi connectivity index (χ3n) is 5.67. The number of aromatic nitrogens is 2. The number of rotatable bonds is 3. The Labute approximate surface area is 203 Å². The zero-order chi connectivity index (χ0) is 21.5. The van der Waals surface area contributed by atoms with Crippen molar-refractivity contribution < 1.29 is 0 Å². The minimum Gasteiger partial charge on any atom is -0.223 e. The molecule has 0 unspecified atom stereocenters. The van der Waals surface area contributed by atoms with Crippen molar-refractivity contribution in [1.82, 2.24) is 9.97 Å². The molecule has 0 fully saturated rings. The average Bonchev–Trinajstić information content (AvgIpc) is 3.23. The maximum absolute atomic E-state index is 4.85. The molecule has 32 heavy (non-hydrogen) atoms. The summed E-state index contributed by atoms with van der Waals surface area (Å²) in [5, 5.41) is 2.55. The van der Waals surface area contributed by atoms with Gasteiger partial charge in [0.2, 0.25) is 0 Å². The number of thiophene rings is 1. The van der Waals surface area contributed by atoms with E-state index in [1.165, 1.54) is 31.3 Å². The van der Waals surface area contributed by atoms with E-state index in [-0.39, 0.29) is 0 Å². The molecule has 4 aromatic carbocycles. The van der Waals surface area contributed by atoms with E-state index in [0.717, 1.165) is 26.3 Å². The molecule has 2 aromatic heterocycles. The summed E-state index contributed by atoms with van der Waals surface area (Å²) in [7, 11) is 0. The smallest absolute Gasteiger partial charge is 0.191 e. The third-order valence-corrected chi connectivity index (χ3v) is 7.28. The highest BCUT2D eigenvalue weighted by Crippen LogP contribution is 2.40. The third kappa shape index (κ3) is 3.40. The second-order valence-electron chi connectivity index (χ2n) is 7.60. The number of halogens is 1. The van der Waals surface area contributed by atoms with E-state index in [9.17, 15) is 0 Å². The first-order valence-corrected chi connectivity index (χ1v) is 12.3. The molecule has 6 rings (SSSR count). The van der Waals surface area contributed by atoms with Gasteiger partial charge in [0.15, 0.2) is 3.83 Å². The van der Waals surface area contributed by atoms with E-state index in [1.54, 1.807) is 0 Å². The van der Waals surface area contributed by atoms with E-state index in [1.807, 2.05) is 17.4 Å². The molecule has 0 saturated carbocycles. The molecule has 0 N–H and O–H groups in total. The number of benzene rings is 4. The van der Waals surface area contributed by atoms with Crippen LogP contribution in [-0.2, 0) is 0 Å². The standard InChI is InChI=1S/C28H17IN2S/c29-28-30-23(20-12-5-4-11-19(20)18-9-2-1-3-10-18)17-24(31-28)21-14-8-16-26-27(21)22-13-6-7-15-25(22)32-26/h1-17H. The summed E-state index contributed by atoms with van der Waals surface area (Å²) in [6.45, 7) is 0. The summed E-state index contributed by atoms with van der Waals surface area (Å²) in [6, 6.07) is 36.2. The molecule has 0 bridgehead atoms. The van der Waals surface area contributed by atoms with Crippen molar-refractivity contribution in [3.05, 3.63) is 107 Å². The molecular weight excluding hydrogens is 523 g/mol. The lowest BCUT2D eigenvalue weighted by Crippen LogP contribution is -1.96. The normalized spacial score (nSPS) is 11.3. The lowest BCUT2D eigenvalue weighted by molar-refractivity contribution is 1.12. The van der Waals surface area contributed by atoms with Gasteiger partial charge < -0.3 is 0 Å². The first kappa shape index (κ1) is 19.6. The Morgan fingerprint density at radius 3 is 2.03 bits per heavy atom. The fourth-order valence-electron chi connectivity index (χ4n) is 4.26. The fraction of sp³-hybridized carbons (Fsp3) is 0. The molecule has 0 atom stereocenters. The van der Waals surface area contributed by atoms with Crippen LogP contribution in [0.5, 0.6) is 0 Å². The van der Waals surface area contributed by atoms with Gasteiger partial charge in [-0.15, -0.1) is 11.3 Å². The predicted octanol–water partition coefficient (Wildman–Crippen LogP) is 8.45. The molecule has 0 aliphatic carbocycles. The van der Waals surface area contributed by atoms with Crippen LogP contribution in [0.4, 0.5) is 0 Å². The largest absolute Gasteiger partial charge is 0.223 e. The highest BCUT2D eigenvalue weighted by molar-refractivity contribution is 14.1. The molecule has 152 valence electrons. The summed E-state index contributed by atoms with van der Waals surface area (Å²) in [6.07, 6.45) is 0. The van der Waals surface area contributed by atoms with Crippen molar-refractivity contribution in [2.24, 2.45) is 0 Å². The number of nitrogens with zero attached hydrogens (tertiary/aromatic N) is 2. The van der Waals surface area contributed by atoms with Crippen LogP contribution in [0.1, 0.15) is 0 Å².